The fourth-order valence-electron chi connectivity index (χ4n) is 1.16. The summed E-state index contributed by atoms with van der Waals surface area (Å²) in [5.41, 5.74) is 3.06. The molecule has 0 aliphatic heterocycles. The van der Waals surface area contributed by atoms with Crippen LogP contribution < -0.4 is 5.73 Å². The van der Waals surface area contributed by atoms with Gasteiger partial charge in [0.2, 0.25) is 5.95 Å². The lowest BCUT2D eigenvalue weighted by Crippen LogP contribution is -2.24. The molecule has 0 saturated heterocycles. The summed E-state index contributed by atoms with van der Waals surface area (Å²) in [4.78, 5) is 6.39. The lowest BCUT2D eigenvalue weighted by molar-refractivity contribution is -0.143. The molecule has 0 saturated carbocycles. The third-order valence-corrected chi connectivity index (χ3v) is 2.35. The molecule has 0 bridgehead atoms. The van der Waals surface area contributed by atoms with Crippen molar-refractivity contribution >= 4 is 18.6 Å². The third kappa shape index (κ3) is 3.20. The first kappa shape index (κ1) is 14.0. The Kier molecular flexibility index (Phi) is 4.17. The number of hydrogen-bond acceptors (Lipinski definition) is 6. The molecule has 0 aromatic carbocycles. The zero-order chi connectivity index (χ0) is 13.2. The number of anilines is 1. The van der Waals surface area contributed by atoms with E-state index in [0.717, 1.165) is 6.20 Å². The zero-order valence-electron chi connectivity index (χ0n) is 8.39. The van der Waals surface area contributed by atoms with Gasteiger partial charge in [-0.05, 0) is 0 Å². The molecule has 5 nitrogen and oxygen atoms in total. The molecule has 9 heteroatoms. The average molecular weight is 269 g/mol. The summed E-state index contributed by atoms with van der Waals surface area (Å²) in [5.74, 6) is -0.767. The lowest BCUT2D eigenvalue weighted by Gasteiger charge is -2.19. The number of aliphatic hydroxyl groups is 2. The van der Waals surface area contributed by atoms with Crippen LogP contribution in [-0.2, 0) is 6.18 Å². The van der Waals surface area contributed by atoms with E-state index in [-0.39, 0.29) is 5.75 Å². The highest BCUT2D eigenvalue weighted by molar-refractivity contribution is 7.80. The predicted octanol–water partition coefficient (Wildman–Crippen LogP) is 0.402. The summed E-state index contributed by atoms with van der Waals surface area (Å²) in [5, 5.41) is 18.8. The molecular formula is C8H10F3N3O2S. The Bertz CT molecular complexity index is 402. The van der Waals surface area contributed by atoms with E-state index in [1.54, 1.807) is 0 Å². The Morgan fingerprint density at radius 2 is 2.00 bits per heavy atom. The highest BCUT2D eigenvalue weighted by Gasteiger charge is 2.38. The second kappa shape index (κ2) is 5.07. The van der Waals surface area contributed by atoms with Gasteiger partial charge in [-0.15, -0.1) is 0 Å². The molecule has 1 rings (SSSR count). The highest BCUT2D eigenvalue weighted by Crippen LogP contribution is 2.34. The van der Waals surface area contributed by atoms with E-state index >= 15 is 0 Å². The van der Waals surface area contributed by atoms with Gasteiger partial charge in [-0.1, -0.05) is 0 Å². The maximum Gasteiger partial charge on any atom is 0.433 e. The molecule has 0 radical (unpaired) electrons. The van der Waals surface area contributed by atoms with Crippen molar-refractivity contribution in [1.29, 1.82) is 0 Å². The van der Waals surface area contributed by atoms with E-state index in [4.69, 9.17) is 5.73 Å². The van der Waals surface area contributed by atoms with E-state index in [1.165, 1.54) is 0 Å². The summed E-state index contributed by atoms with van der Waals surface area (Å²) in [6.07, 6.45) is -7.28. The van der Waals surface area contributed by atoms with Gasteiger partial charge in [-0.2, -0.15) is 25.8 Å². The fraction of sp³-hybridized carbons (Fsp3) is 0.500. The van der Waals surface area contributed by atoms with Crippen LogP contribution in [0.5, 0.6) is 0 Å². The van der Waals surface area contributed by atoms with Gasteiger partial charge in [0.15, 0.2) is 5.69 Å². The van der Waals surface area contributed by atoms with Gasteiger partial charge >= 0.3 is 6.18 Å². The van der Waals surface area contributed by atoms with Gasteiger partial charge in [0, 0.05) is 17.5 Å². The zero-order valence-corrected chi connectivity index (χ0v) is 9.28. The summed E-state index contributed by atoms with van der Waals surface area (Å²) in [7, 11) is 0. The minimum atomic E-state index is -4.79. The molecule has 1 heterocycles. The SMILES string of the molecule is Nc1ncc(C(O)C(O)CS)c(C(F)(F)F)n1. The van der Waals surface area contributed by atoms with Crippen LogP contribution in [0.2, 0.25) is 0 Å². The van der Waals surface area contributed by atoms with Crippen molar-refractivity contribution in [3.63, 3.8) is 0 Å². The van der Waals surface area contributed by atoms with Crippen LogP contribution in [0.25, 0.3) is 0 Å². The number of aliphatic hydroxyl groups excluding tert-OH is 2. The molecule has 0 spiro atoms. The molecule has 2 unspecified atom stereocenters. The molecule has 96 valence electrons. The number of thiol groups is 1. The molecular weight excluding hydrogens is 259 g/mol. The molecule has 4 N–H and O–H groups in total. The van der Waals surface area contributed by atoms with Gasteiger partial charge in [0.1, 0.15) is 6.10 Å². The highest BCUT2D eigenvalue weighted by atomic mass is 32.1. The summed E-state index contributed by atoms with van der Waals surface area (Å²) in [6.45, 7) is 0. The van der Waals surface area contributed by atoms with Crippen molar-refractivity contribution in [2.45, 2.75) is 18.4 Å². The standard InChI is InChI=1S/C8H10F3N3O2S/c9-8(10,11)6-3(1-13-7(12)14-6)5(16)4(15)2-17/h1,4-5,15-17H,2H2,(H2,12,13,14). The monoisotopic (exact) mass is 269 g/mol. The Morgan fingerprint density at radius 1 is 1.41 bits per heavy atom. The molecule has 1 aromatic rings. The topological polar surface area (TPSA) is 92.3 Å². The Balaban J connectivity index is 3.24. The number of aromatic nitrogens is 2. The van der Waals surface area contributed by atoms with Gasteiger partial charge in [-0.25, -0.2) is 9.97 Å². The number of nitrogen functional groups attached to an aromatic ring is 1. The Labute approximate surface area is 99.9 Å². The first-order valence-corrected chi connectivity index (χ1v) is 5.07. The normalized spacial score (nSPS) is 15.6. The maximum atomic E-state index is 12.6. The van der Waals surface area contributed by atoms with Crippen molar-refractivity contribution < 1.29 is 23.4 Å². The van der Waals surface area contributed by atoms with Gasteiger partial charge in [0.25, 0.3) is 0 Å². The van der Waals surface area contributed by atoms with Gasteiger partial charge in [-0.3, -0.25) is 0 Å². The second-order valence-corrected chi connectivity index (χ2v) is 3.59. The molecule has 0 amide bonds. The molecule has 17 heavy (non-hydrogen) atoms. The number of halogens is 3. The van der Waals surface area contributed by atoms with Gasteiger partial charge in [0.05, 0.1) is 6.10 Å². The van der Waals surface area contributed by atoms with Crippen LogP contribution in [0.4, 0.5) is 19.1 Å². The summed E-state index contributed by atoms with van der Waals surface area (Å²) in [6, 6.07) is 0. The van der Waals surface area contributed by atoms with E-state index in [9.17, 15) is 23.4 Å². The van der Waals surface area contributed by atoms with Crippen LogP contribution in [0.1, 0.15) is 17.4 Å². The van der Waals surface area contributed by atoms with E-state index in [0.29, 0.717) is 0 Å². The molecule has 0 aliphatic rings. The maximum absolute atomic E-state index is 12.6. The van der Waals surface area contributed by atoms with Crippen molar-refractivity contribution in [2.24, 2.45) is 0 Å². The van der Waals surface area contributed by atoms with Crippen molar-refractivity contribution in [3.8, 4) is 0 Å². The van der Waals surface area contributed by atoms with Crippen LogP contribution in [0.3, 0.4) is 0 Å². The van der Waals surface area contributed by atoms with Crippen LogP contribution >= 0.6 is 12.6 Å². The number of alkyl halides is 3. The quantitative estimate of drug-likeness (QED) is 0.596. The fourth-order valence-corrected chi connectivity index (χ4v) is 1.36. The smallest absolute Gasteiger partial charge is 0.389 e. The first-order chi connectivity index (χ1) is 7.77. The molecule has 0 aliphatic carbocycles. The number of rotatable bonds is 3. The molecule has 0 fully saturated rings. The van der Waals surface area contributed by atoms with Crippen LogP contribution in [0.15, 0.2) is 6.20 Å². The minimum Gasteiger partial charge on any atom is -0.389 e. The van der Waals surface area contributed by atoms with E-state index in [1.807, 2.05) is 0 Å². The minimum absolute atomic E-state index is 0.206. The number of nitrogens with two attached hydrogens (primary N) is 1. The third-order valence-electron chi connectivity index (χ3n) is 1.97. The van der Waals surface area contributed by atoms with Crippen molar-refractivity contribution in [1.82, 2.24) is 9.97 Å². The largest absolute Gasteiger partial charge is 0.433 e. The first-order valence-electron chi connectivity index (χ1n) is 4.44. The molecule has 1 aromatic heterocycles. The lowest BCUT2D eigenvalue weighted by atomic mass is 10.1. The number of nitrogens with zero attached hydrogens (tertiary/aromatic N) is 2. The van der Waals surface area contributed by atoms with Gasteiger partial charge < -0.3 is 15.9 Å². The predicted molar refractivity (Wildman–Crippen MR) is 56.3 cm³/mol. The van der Waals surface area contributed by atoms with Crippen molar-refractivity contribution in [2.75, 3.05) is 11.5 Å². The van der Waals surface area contributed by atoms with E-state index < -0.39 is 35.6 Å². The average Bonchev–Trinajstić information content (AvgIpc) is 2.25. The van der Waals surface area contributed by atoms with Crippen molar-refractivity contribution in [3.05, 3.63) is 17.5 Å². The summed E-state index contributed by atoms with van der Waals surface area (Å²) < 4.78 is 37.8. The van der Waals surface area contributed by atoms with E-state index in [2.05, 4.69) is 22.6 Å². The number of hydrogen-bond donors (Lipinski definition) is 4. The molecule has 2 atom stereocenters. The van der Waals surface area contributed by atoms with Crippen LogP contribution in [-0.4, -0.2) is 32.0 Å². The summed E-state index contributed by atoms with van der Waals surface area (Å²) >= 11 is 3.68. The van der Waals surface area contributed by atoms with Crippen LogP contribution in [0, 0.1) is 0 Å². The Morgan fingerprint density at radius 3 is 2.47 bits per heavy atom. The second-order valence-electron chi connectivity index (χ2n) is 3.22. The Hall–Kier alpha value is -1.06.